The van der Waals surface area contributed by atoms with Crippen LogP contribution < -0.4 is 0 Å². The van der Waals surface area contributed by atoms with Gasteiger partial charge in [0.2, 0.25) is 0 Å². The Morgan fingerprint density at radius 3 is 3.00 bits per heavy atom. The molecule has 0 saturated heterocycles. The van der Waals surface area contributed by atoms with Crippen molar-refractivity contribution in [1.29, 1.82) is 5.26 Å². The van der Waals surface area contributed by atoms with Gasteiger partial charge < -0.3 is 0 Å². The van der Waals surface area contributed by atoms with Gasteiger partial charge in [0.05, 0.1) is 11.6 Å². The zero-order chi connectivity index (χ0) is 10.7. The molecule has 0 spiro atoms. The van der Waals surface area contributed by atoms with Gasteiger partial charge in [0.25, 0.3) is 0 Å². The molecule has 15 heavy (non-hydrogen) atoms. The second kappa shape index (κ2) is 4.57. The van der Waals surface area contributed by atoms with E-state index in [0.717, 1.165) is 4.34 Å². The summed E-state index contributed by atoms with van der Waals surface area (Å²) in [5.41, 5.74) is 2.12. The van der Waals surface area contributed by atoms with Crippen LogP contribution in [0.3, 0.4) is 0 Å². The molecule has 0 fully saturated rings. The third-order valence-corrected chi connectivity index (χ3v) is 3.32. The monoisotopic (exact) mass is 254 g/mol. The molecule has 0 bridgehead atoms. The summed E-state index contributed by atoms with van der Waals surface area (Å²) >= 11 is 8.51. The van der Waals surface area contributed by atoms with Crippen LogP contribution in [-0.4, -0.2) is 15.2 Å². The van der Waals surface area contributed by atoms with Gasteiger partial charge in [-0.15, -0.1) is 10.2 Å². The Morgan fingerprint density at radius 1 is 1.47 bits per heavy atom. The first kappa shape index (κ1) is 10.4. The Kier molecular flexibility index (Phi) is 3.16. The molecule has 0 N–H and O–H groups in total. The Morgan fingerprint density at radius 2 is 2.33 bits per heavy atom. The van der Waals surface area contributed by atoms with Gasteiger partial charge >= 0.3 is 0 Å². The van der Waals surface area contributed by atoms with Crippen LogP contribution in [0.1, 0.15) is 5.56 Å². The van der Waals surface area contributed by atoms with Gasteiger partial charge in [0.1, 0.15) is 15.7 Å². The quantitative estimate of drug-likeness (QED) is 0.771. The summed E-state index contributed by atoms with van der Waals surface area (Å²) in [6, 6.07) is 5.20. The Balaban J connectivity index is 2.29. The van der Waals surface area contributed by atoms with Crippen LogP contribution in [0.4, 0.5) is 0 Å². The van der Waals surface area contributed by atoms with Gasteiger partial charge in [-0.1, -0.05) is 22.9 Å². The molecule has 0 aliphatic rings. The zero-order valence-electron chi connectivity index (χ0n) is 7.22. The fraction of sp³-hybridized carbons (Fsp3) is 0. The second-order valence-electron chi connectivity index (χ2n) is 2.44. The van der Waals surface area contributed by atoms with E-state index in [0.29, 0.717) is 15.7 Å². The van der Waals surface area contributed by atoms with E-state index in [1.807, 2.05) is 6.07 Å². The van der Waals surface area contributed by atoms with E-state index in [4.69, 9.17) is 16.9 Å². The highest BCUT2D eigenvalue weighted by Crippen LogP contribution is 2.28. The van der Waals surface area contributed by atoms with Crippen molar-refractivity contribution in [3.8, 4) is 6.07 Å². The van der Waals surface area contributed by atoms with Crippen LogP contribution in [0, 0.1) is 11.3 Å². The Hall–Kier alpha value is -1.16. The van der Waals surface area contributed by atoms with Crippen LogP contribution in [0.5, 0.6) is 0 Å². The summed E-state index contributed by atoms with van der Waals surface area (Å²) in [7, 11) is 0. The van der Waals surface area contributed by atoms with Crippen molar-refractivity contribution < 1.29 is 0 Å². The highest BCUT2D eigenvalue weighted by molar-refractivity contribution is 8.00. The summed E-state index contributed by atoms with van der Waals surface area (Å²) in [4.78, 5) is 4.07. The zero-order valence-corrected chi connectivity index (χ0v) is 9.60. The molecule has 0 aliphatic heterocycles. The van der Waals surface area contributed by atoms with Crippen molar-refractivity contribution in [2.75, 3.05) is 0 Å². The van der Waals surface area contributed by atoms with E-state index in [-0.39, 0.29) is 0 Å². The molecule has 0 amide bonds. The molecule has 0 atom stereocenters. The van der Waals surface area contributed by atoms with Crippen molar-refractivity contribution in [1.82, 2.24) is 15.2 Å². The Bertz CT molecular complexity index is 506. The first-order chi connectivity index (χ1) is 7.28. The second-order valence-corrected chi connectivity index (χ2v) is 4.92. The highest BCUT2D eigenvalue weighted by Gasteiger charge is 2.05. The molecule has 2 aromatic rings. The average Bonchev–Trinajstić information content (AvgIpc) is 2.69. The number of nitrogens with zero attached hydrogens (tertiary/aromatic N) is 4. The number of nitriles is 1. The van der Waals surface area contributed by atoms with Gasteiger partial charge in [-0.05, 0) is 23.9 Å². The molecular weight excluding hydrogens is 252 g/mol. The van der Waals surface area contributed by atoms with Crippen LogP contribution in [0.2, 0.25) is 5.15 Å². The normalized spacial score (nSPS) is 9.87. The lowest BCUT2D eigenvalue weighted by Gasteiger charge is -1.97. The molecule has 0 unspecified atom stereocenters. The molecular formula is C8H3ClN4S2. The lowest BCUT2D eigenvalue weighted by atomic mass is 10.3. The summed E-state index contributed by atoms with van der Waals surface area (Å²) in [5, 5.41) is 17.3. The van der Waals surface area contributed by atoms with Crippen molar-refractivity contribution in [3.63, 3.8) is 0 Å². The standard InChI is InChI=1S/C8H3ClN4S2/c9-6-1-5(3-10)2-7(12-6)15-8-13-11-4-14-8/h1-2,4H. The van der Waals surface area contributed by atoms with E-state index in [1.165, 1.54) is 29.2 Å². The predicted molar refractivity (Wildman–Crippen MR) is 58.0 cm³/mol. The number of aromatic nitrogens is 3. The first-order valence-electron chi connectivity index (χ1n) is 3.79. The van der Waals surface area contributed by atoms with E-state index < -0.39 is 0 Å². The molecule has 4 nitrogen and oxygen atoms in total. The summed E-state index contributed by atoms with van der Waals surface area (Å²) in [5.74, 6) is 0. The van der Waals surface area contributed by atoms with Gasteiger partial charge in [0.15, 0.2) is 4.34 Å². The number of halogens is 1. The minimum absolute atomic E-state index is 0.307. The molecule has 0 aliphatic carbocycles. The number of hydrogen-bond acceptors (Lipinski definition) is 6. The van der Waals surface area contributed by atoms with Crippen LogP contribution in [0.25, 0.3) is 0 Å². The predicted octanol–water partition coefficient (Wildman–Crippen LogP) is 2.61. The van der Waals surface area contributed by atoms with Crippen LogP contribution in [-0.2, 0) is 0 Å². The van der Waals surface area contributed by atoms with Gasteiger partial charge in [-0.3, -0.25) is 0 Å². The van der Waals surface area contributed by atoms with Gasteiger partial charge in [0, 0.05) is 0 Å². The first-order valence-corrected chi connectivity index (χ1v) is 5.87. The lowest BCUT2D eigenvalue weighted by molar-refractivity contribution is 1.01. The van der Waals surface area contributed by atoms with E-state index in [9.17, 15) is 0 Å². The third-order valence-electron chi connectivity index (χ3n) is 1.43. The van der Waals surface area contributed by atoms with Gasteiger partial charge in [-0.25, -0.2) is 4.98 Å². The summed E-state index contributed by atoms with van der Waals surface area (Å²) in [6.07, 6.45) is 0. The molecule has 2 heterocycles. The fourth-order valence-electron chi connectivity index (χ4n) is 0.887. The molecule has 2 rings (SSSR count). The highest BCUT2D eigenvalue weighted by atomic mass is 35.5. The van der Waals surface area contributed by atoms with E-state index in [1.54, 1.807) is 11.6 Å². The maximum Gasteiger partial charge on any atom is 0.180 e. The van der Waals surface area contributed by atoms with Crippen molar-refractivity contribution >= 4 is 34.7 Å². The minimum Gasteiger partial charge on any atom is -0.229 e. The SMILES string of the molecule is N#Cc1cc(Cl)nc(Sc2nncs2)c1. The third kappa shape index (κ3) is 2.65. The number of rotatable bonds is 2. The summed E-state index contributed by atoms with van der Waals surface area (Å²) in [6.45, 7) is 0. The average molecular weight is 255 g/mol. The molecule has 0 radical (unpaired) electrons. The number of hydrogen-bond donors (Lipinski definition) is 0. The van der Waals surface area contributed by atoms with Gasteiger partial charge in [-0.2, -0.15) is 5.26 Å². The molecule has 74 valence electrons. The Labute approximate surface area is 98.9 Å². The number of pyridine rings is 1. The smallest absolute Gasteiger partial charge is 0.180 e. The van der Waals surface area contributed by atoms with Crippen LogP contribution >= 0.6 is 34.7 Å². The van der Waals surface area contributed by atoms with E-state index in [2.05, 4.69) is 15.2 Å². The topological polar surface area (TPSA) is 62.5 Å². The van der Waals surface area contributed by atoms with Crippen molar-refractivity contribution in [2.24, 2.45) is 0 Å². The van der Waals surface area contributed by atoms with Crippen LogP contribution in [0.15, 0.2) is 27.0 Å². The van der Waals surface area contributed by atoms with Crippen molar-refractivity contribution in [3.05, 3.63) is 28.4 Å². The maximum absolute atomic E-state index is 8.74. The van der Waals surface area contributed by atoms with E-state index >= 15 is 0 Å². The largest absolute Gasteiger partial charge is 0.229 e. The fourth-order valence-corrected chi connectivity index (χ4v) is 2.60. The maximum atomic E-state index is 8.74. The summed E-state index contributed by atoms with van der Waals surface area (Å²) < 4.78 is 0.772. The lowest BCUT2D eigenvalue weighted by Crippen LogP contribution is -1.84. The minimum atomic E-state index is 0.307. The molecule has 0 aromatic carbocycles. The van der Waals surface area contributed by atoms with Crippen molar-refractivity contribution in [2.45, 2.75) is 9.37 Å². The molecule has 0 saturated carbocycles. The molecule has 2 aromatic heterocycles. The molecule has 7 heteroatoms.